The summed E-state index contributed by atoms with van der Waals surface area (Å²) < 4.78 is 2.31. The number of aromatic nitrogens is 2. The molecule has 0 aliphatic carbocycles. The molecule has 19 heavy (non-hydrogen) atoms. The highest BCUT2D eigenvalue weighted by Gasteiger charge is 2.13. The lowest BCUT2D eigenvalue weighted by molar-refractivity contribution is 0.566. The monoisotopic (exact) mass is 279 g/mol. The van der Waals surface area contributed by atoms with Gasteiger partial charge in [0.25, 0.3) is 0 Å². The van der Waals surface area contributed by atoms with E-state index in [4.69, 9.17) is 22.3 Å². The van der Waals surface area contributed by atoms with E-state index in [0.29, 0.717) is 6.04 Å². The van der Waals surface area contributed by atoms with Crippen molar-refractivity contribution in [3.8, 4) is 0 Å². The van der Waals surface area contributed by atoms with Gasteiger partial charge in [-0.3, -0.25) is 0 Å². The number of nitrogens with zero attached hydrogens (tertiary/aromatic N) is 2. The van der Waals surface area contributed by atoms with Crippen molar-refractivity contribution in [2.75, 3.05) is 6.54 Å². The SMILES string of the molecule is CC(C)n1c(CCCCCN)nc2cc(Cl)ccc21. The van der Waals surface area contributed by atoms with Crippen LogP contribution in [0.25, 0.3) is 11.0 Å². The second kappa shape index (κ2) is 6.40. The minimum atomic E-state index is 0.413. The fourth-order valence-electron chi connectivity index (χ4n) is 2.48. The fourth-order valence-corrected chi connectivity index (χ4v) is 2.64. The van der Waals surface area contributed by atoms with Crippen molar-refractivity contribution in [3.63, 3.8) is 0 Å². The smallest absolute Gasteiger partial charge is 0.110 e. The average molecular weight is 280 g/mol. The zero-order chi connectivity index (χ0) is 13.8. The van der Waals surface area contributed by atoms with Crippen molar-refractivity contribution < 1.29 is 0 Å². The second-order valence-electron chi connectivity index (χ2n) is 5.22. The Balaban J connectivity index is 2.28. The molecule has 0 aliphatic rings. The minimum Gasteiger partial charge on any atom is -0.330 e. The summed E-state index contributed by atoms with van der Waals surface area (Å²) in [6.45, 7) is 5.16. The molecule has 0 radical (unpaired) electrons. The lowest BCUT2D eigenvalue weighted by Gasteiger charge is -2.13. The molecule has 1 aromatic carbocycles. The summed E-state index contributed by atoms with van der Waals surface area (Å²) in [5, 5.41) is 0.746. The number of fused-ring (bicyclic) bond motifs is 1. The highest BCUT2D eigenvalue weighted by Crippen LogP contribution is 2.24. The molecule has 3 nitrogen and oxygen atoms in total. The van der Waals surface area contributed by atoms with E-state index in [-0.39, 0.29) is 0 Å². The van der Waals surface area contributed by atoms with Gasteiger partial charge in [-0.15, -0.1) is 0 Å². The van der Waals surface area contributed by atoms with Crippen LogP contribution in [-0.2, 0) is 6.42 Å². The van der Waals surface area contributed by atoms with Crippen molar-refractivity contribution in [3.05, 3.63) is 29.0 Å². The number of hydrogen-bond acceptors (Lipinski definition) is 2. The van der Waals surface area contributed by atoms with Crippen LogP contribution >= 0.6 is 11.6 Å². The molecule has 2 rings (SSSR count). The molecule has 4 heteroatoms. The molecule has 0 spiro atoms. The number of imidazole rings is 1. The van der Waals surface area contributed by atoms with Gasteiger partial charge in [-0.25, -0.2) is 4.98 Å². The third kappa shape index (κ3) is 3.28. The third-order valence-electron chi connectivity index (χ3n) is 3.35. The summed E-state index contributed by atoms with van der Waals surface area (Å²) in [4.78, 5) is 4.74. The Morgan fingerprint density at radius 1 is 1.26 bits per heavy atom. The molecular formula is C15H22ClN3. The lowest BCUT2D eigenvalue weighted by atomic mass is 10.2. The largest absolute Gasteiger partial charge is 0.330 e. The number of halogens is 1. The summed E-state index contributed by atoms with van der Waals surface area (Å²) in [5.74, 6) is 1.16. The van der Waals surface area contributed by atoms with E-state index in [0.717, 1.165) is 42.2 Å². The van der Waals surface area contributed by atoms with E-state index in [1.807, 2.05) is 12.1 Å². The Labute approximate surface area is 119 Å². The van der Waals surface area contributed by atoms with Gasteiger partial charge in [0.15, 0.2) is 0 Å². The van der Waals surface area contributed by atoms with Gasteiger partial charge in [0.05, 0.1) is 11.0 Å². The first kappa shape index (κ1) is 14.4. The van der Waals surface area contributed by atoms with E-state index in [1.165, 1.54) is 11.9 Å². The highest BCUT2D eigenvalue weighted by atomic mass is 35.5. The number of unbranched alkanes of at least 4 members (excludes halogenated alkanes) is 2. The Kier molecular flexibility index (Phi) is 4.83. The van der Waals surface area contributed by atoms with Crippen molar-refractivity contribution in [2.45, 2.75) is 45.6 Å². The summed E-state index contributed by atoms with van der Waals surface area (Å²) in [6.07, 6.45) is 4.40. The first-order valence-electron chi connectivity index (χ1n) is 7.00. The predicted molar refractivity (Wildman–Crippen MR) is 81.7 cm³/mol. The Bertz CT molecular complexity index is 546. The van der Waals surface area contributed by atoms with Crippen LogP contribution in [0.3, 0.4) is 0 Å². The number of benzene rings is 1. The molecule has 0 amide bonds. The summed E-state index contributed by atoms with van der Waals surface area (Å²) >= 11 is 6.04. The minimum absolute atomic E-state index is 0.413. The Hall–Kier alpha value is -1.06. The van der Waals surface area contributed by atoms with Gasteiger partial charge in [-0.1, -0.05) is 18.0 Å². The van der Waals surface area contributed by atoms with Crippen molar-refractivity contribution >= 4 is 22.6 Å². The predicted octanol–water partition coefficient (Wildman–Crippen LogP) is 3.94. The van der Waals surface area contributed by atoms with Crippen LogP contribution in [0, 0.1) is 0 Å². The fraction of sp³-hybridized carbons (Fsp3) is 0.533. The van der Waals surface area contributed by atoms with Gasteiger partial charge in [0.1, 0.15) is 5.82 Å². The van der Waals surface area contributed by atoms with E-state index in [1.54, 1.807) is 0 Å². The quantitative estimate of drug-likeness (QED) is 0.814. The molecule has 0 unspecified atom stereocenters. The molecule has 1 aromatic heterocycles. The van der Waals surface area contributed by atoms with Crippen LogP contribution in [0.5, 0.6) is 0 Å². The maximum absolute atomic E-state index is 6.04. The Morgan fingerprint density at radius 3 is 2.74 bits per heavy atom. The molecular weight excluding hydrogens is 258 g/mol. The molecule has 0 fully saturated rings. The van der Waals surface area contributed by atoms with Crippen molar-refractivity contribution in [1.82, 2.24) is 9.55 Å². The average Bonchev–Trinajstić information content (AvgIpc) is 2.72. The lowest BCUT2D eigenvalue weighted by Crippen LogP contribution is -2.07. The molecule has 104 valence electrons. The van der Waals surface area contributed by atoms with E-state index in [9.17, 15) is 0 Å². The number of rotatable bonds is 6. The zero-order valence-corrected chi connectivity index (χ0v) is 12.5. The van der Waals surface area contributed by atoms with Gasteiger partial charge in [0.2, 0.25) is 0 Å². The summed E-state index contributed by atoms with van der Waals surface area (Å²) in [7, 11) is 0. The van der Waals surface area contributed by atoms with Crippen LogP contribution in [0.15, 0.2) is 18.2 Å². The standard InChI is InChI=1S/C15H22ClN3/c1-11(2)19-14-8-7-12(16)10-13(14)18-15(19)6-4-3-5-9-17/h7-8,10-11H,3-6,9,17H2,1-2H3. The van der Waals surface area contributed by atoms with Crippen LogP contribution in [0.2, 0.25) is 5.02 Å². The van der Waals surface area contributed by atoms with Gasteiger partial charge in [0, 0.05) is 17.5 Å². The maximum Gasteiger partial charge on any atom is 0.110 e. The molecule has 2 N–H and O–H groups in total. The molecule has 0 saturated heterocycles. The first-order chi connectivity index (χ1) is 9.13. The third-order valence-corrected chi connectivity index (χ3v) is 3.58. The first-order valence-corrected chi connectivity index (χ1v) is 7.37. The molecule has 2 aromatic rings. The normalized spacial score (nSPS) is 11.6. The number of aryl methyl sites for hydroxylation is 1. The highest BCUT2D eigenvalue weighted by molar-refractivity contribution is 6.31. The van der Waals surface area contributed by atoms with Gasteiger partial charge in [-0.05, 0) is 51.4 Å². The summed E-state index contributed by atoms with van der Waals surface area (Å²) in [5.41, 5.74) is 7.70. The number of hydrogen-bond donors (Lipinski definition) is 1. The van der Waals surface area contributed by atoms with Crippen molar-refractivity contribution in [2.24, 2.45) is 5.73 Å². The van der Waals surface area contributed by atoms with Gasteiger partial charge < -0.3 is 10.3 Å². The van der Waals surface area contributed by atoms with E-state index < -0.39 is 0 Å². The molecule has 0 bridgehead atoms. The van der Waals surface area contributed by atoms with Crippen molar-refractivity contribution in [1.29, 1.82) is 0 Å². The molecule has 0 atom stereocenters. The van der Waals surface area contributed by atoms with Crippen LogP contribution in [0.4, 0.5) is 0 Å². The zero-order valence-electron chi connectivity index (χ0n) is 11.7. The van der Waals surface area contributed by atoms with Gasteiger partial charge in [-0.2, -0.15) is 0 Å². The number of nitrogens with two attached hydrogens (primary N) is 1. The van der Waals surface area contributed by atoms with E-state index >= 15 is 0 Å². The maximum atomic E-state index is 6.04. The topological polar surface area (TPSA) is 43.8 Å². The summed E-state index contributed by atoms with van der Waals surface area (Å²) in [6, 6.07) is 6.35. The molecule has 1 heterocycles. The second-order valence-corrected chi connectivity index (χ2v) is 5.66. The van der Waals surface area contributed by atoms with Gasteiger partial charge >= 0.3 is 0 Å². The van der Waals surface area contributed by atoms with Crippen LogP contribution < -0.4 is 5.73 Å². The molecule has 0 aliphatic heterocycles. The van der Waals surface area contributed by atoms with Crippen LogP contribution in [-0.4, -0.2) is 16.1 Å². The Morgan fingerprint density at radius 2 is 2.05 bits per heavy atom. The van der Waals surface area contributed by atoms with Crippen LogP contribution in [0.1, 0.15) is 45.0 Å². The molecule has 0 saturated carbocycles. The van der Waals surface area contributed by atoms with E-state index in [2.05, 4.69) is 24.5 Å².